The van der Waals surface area contributed by atoms with Crippen molar-refractivity contribution in [2.45, 2.75) is 19.0 Å². The number of hydrogen-bond donors (Lipinski definition) is 0. The van der Waals surface area contributed by atoms with Crippen molar-refractivity contribution in [2.75, 3.05) is 12.9 Å². The second kappa shape index (κ2) is 9.82. The van der Waals surface area contributed by atoms with Gasteiger partial charge in [0.1, 0.15) is 5.82 Å². The molecule has 1 aliphatic rings. The molecule has 3 aromatic rings. The van der Waals surface area contributed by atoms with E-state index in [0.29, 0.717) is 23.9 Å². The number of rotatable bonds is 7. The van der Waals surface area contributed by atoms with Crippen LogP contribution in [-0.2, 0) is 28.6 Å². The summed E-state index contributed by atoms with van der Waals surface area (Å²) in [4.78, 5) is 23.5. The van der Waals surface area contributed by atoms with E-state index in [-0.39, 0.29) is 24.2 Å². The molecule has 3 heterocycles. The quantitative estimate of drug-likeness (QED) is 0.550. The molecule has 0 fully saturated rings. The molecule has 32 heavy (non-hydrogen) atoms. The van der Waals surface area contributed by atoms with Crippen LogP contribution in [0.3, 0.4) is 0 Å². The van der Waals surface area contributed by atoms with Crippen molar-refractivity contribution in [3.63, 3.8) is 0 Å². The number of nitrogens with zero attached hydrogens (tertiary/aromatic N) is 3. The first-order valence-electron chi connectivity index (χ1n) is 10.1. The van der Waals surface area contributed by atoms with Gasteiger partial charge in [0.2, 0.25) is 11.8 Å². The molecule has 2 unspecified atom stereocenters. The maximum absolute atomic E-state index is 13.2. The van der Waals surface area contributed by atoms with Gasteiger partial charge in [-0.15, -0.1) is 0 Å². The first-order valence-corrected chi connectivity index (χ1v) is 11.4. The number of halogens is 1. The Morgan fingerprint density at radius 3 is 2.59 bits per heavy atom. The number of carbonyl (C=O) groups is 1. The van der Waals surface area contributed by atoms with E-state index in [0.717, 1.165) is 16.7 Å². The average molecular weight is 452 g/mol. The monoisotopic (exact) mass is 451 g/mol. The molecule has 0 aliphatic carbocycles. The van der Waals surface area contributed by atoms with Gasteiger partial charge in [0.25, 0.3) is 0 Å². The molecule has 0 saturated heterocycles. The summed E-state index contributed by atoms with van der Waals surface area (Å²) in [6, 6.07) is 13.2. The lowest BCUT2D eigenvalue weighted by atomic mass is 10.1. The molecule has 0 spiro atoms. The van der Waals surface area contributed by atoms with Gasteiger partial charge in [-0.2, -0.15) is 0 Å². The number of methoxy groups -OCH3 is 1. The van der Waals surface area contributed by atoms with Crippen LogP contribution < -0.4 is 4.74 Å². The number of aromatic nitrogens is 2. The van der Waals surface area contributed by atoms with Gasteiger partial charge < -0.3 is 9.64 Å². The van der Waals surface area contributed by atoms with Gasteiger partial charge in [0, 0.05) is 52.5 Å². The summed E-state index contributed by atoms with van der Waals surface area (Å²) in [7, 11) is 0.460. The molecule has 0 N–H and O–H groups in total. The highest BCUT2D eigenvalue weighted by molar-refractivity contribution is 7.88. The van der Waals surface area contributed by atoms with E-state index in [1.807, 2.05) is 18.2 Å². The summed E-state index contributed by atoms with van der Waals surface area (Å²) < 4.78 is 30.2. The molecular formula is C24H22FN3O3S. The number of carbonyl (C=O) groups excluding carboxylic acids is 1. The summed E-state index contributed by atoms with van der Waals surface area (Å²) in [6.45, 7) is 0.345. The zero-order valence-electron chi connectivity index (χ0n) is 17.5. The number of ether oxygens (including phenoxy) is 1. The summed E-state index contributed by atoms with van der Waals surface area (Å²) in [5.41, 5.74) is 3.19. The average Bonchev–Trinajstić information content (AvgIpc) is 3.24. The Morgan fingerprint density at radius 1 is 1.16 bits per heavy atom. The lowest BCUT2D eigenvalue weighted by Crippen LogP contribution is -2.41. The van der Waals surface area contributed by atoms with Crippen molar-refractivity contribution in [3.05, 3.63) is 89.5 Å². The summed E-state index contributed by atoms with van der Waals surface area (Å²) >= 11 is 0. The van der Waals surface area contributed by atoms with Crippen LogP contribution in [0.5, 0.6) is 5.88 Å². The Kier molecular flexibility index (Phi) is 6.70. The minimum atomic E-state index is -1.08. The molecule has 0 bridgehead atoms. The molecule has 0 radical (unpaired) electrons. The van der Waals surface area contributed by atoms with Gasteiger partial charge in [-0.25, -0.2) is 9.37 Å². The third-order valence-electron chi connectivity index (χ3n) is 5.20. The van der Waals surface area contributed by atoms with E-state index in [1.165, 1.54) is 12.1 Å². The fourth-order valence-corrected chi connectivity index (χ4v) is 4.59. The minimum absolute atomic E-state index is 0.114. The van der Waals surface area contributed by atoms with Crippen molar-refractivity contribution in [2.24, 2.45) is 0 Å². The zero-order valence-corrected chi connectivity index (χ0v) is 18.3. The molecule has 0 saturated carbocycles. The maximum atomic E-state index is 13.2. The molecule has 164 valence electrons. The second-order valence-electron chi connectivity index (χ2n) is 7.39. The van der Waals surface area contributed by atoms with E-state index in [2.05, 4.69) is 9.97 Å². The second-order valence-corrected chi connectivity index (χ2v) is 8.76. The third-order valence-corrected chi connectivity index (χ3v) is 6.33. The van der Waals surface area contributed by atoms with E-state index in [4.69, 9.17) is 4.74 Å². The normalized spacial score (nSPS) is 17.3. The third kappa shape index (κ3) is 5.26. The maximum Gasteiger partial charge on any atom is 0.229 e. The molecule has 1 aliphatic heterocycles. The Labute approximate surface area is 188 Å². The molecule has 6 nitrogen and oxygen atoms in total. The van der Waals surface area contributed by atoms with Crippen LogP contribution >= 0.6 is 0 Å². The largest absolute Gasteiger partial charge is 0.481 e. The van der Waals surface area contributed by atoms with Crippen molar-refractivity contribution < 1.29 is 18.1 Å². The number of benzene rings is 1. The fourth-order valence-electron chi connectivity index (χ4n) is 3.50. The van der Waals surface area contributed by atoms with Crippen molar-refractivity contribution in [1.29, 1.82) is 0 Å². The Hall–Kier alpha value is -3.39. The van der Waals surface area contributed by atoms with Crippen LogP contribution in [0.4, 0.5) is 4.39 Å². The highest BCUT2D eigenvalue weighted by atomic mass is 32.2. The summed E-state index contributed by atoms with van der Waals surface area (Å²) in [5.74, 6) is 0.442. The predicted octanol–water partition coefficient (Wildman–Crippen LogP) is 3.51. The smallest absolute Gasteiger partial charge is 0.229 e. The molecule has 2 atom stereocenters. The van der Waals surface area contributed by atoms with E-state index in [9.17, 15) is 13.4 Å². The van der Waals surface area contributed by atoms with Crippen LogP contribution in [0.2, 0.25) is 0 Å². The fraction of sp³-hybridized carbons (Fsp3) is 0.208. The molecule has 2 aromatic heterocycles. The van der Waals surface area contributed by atoms with Crippen LogP contribution in [0.25, 0.3) is 11.1 Å². The lowest BCUT2D eigenvalue weighted by Gasteiger charge is -2.28. The SMILES string of the molecule is COc1cc(CN(C(=O)Cc2ccc(-c3ccc(F)cc3)cn2)C2C=CS(=O)C2)ccn1. The molecule has 1 aromatic carbocycles. The topological polar surface area (TPSA) is 72.4 Å². The van der Waals surface area contributed by atoms with Crippen molar-refractivity contribution >= 4 is 16.7 Å². The van der Waals surface area contributed by atoms with Gasteiger partial charge in [0.05, 0.1) is 25.3 Å². The first kappa shape index (κ1) is 21.8. The number of hydrogen-bond acceptors (Lipinski definition) is 5. The van der Waals surface area contributed by atoms with Crippen LogP contribution in [0.1, 0.15) is 11.3 Å². The number of amides is 1. The van der Waals surface area contributed by atoms with Crippen LogP contribution in [-0.4, -0.2) is 43.9 Å². The van der Waals surface area contributed by atoms with E-state index >= 15 is 0 Å². The Balaban J connectivity index is 1.51. The zero-order chi connectivity index (χ0) is 22.5. The summed E-state index contributed by atoms with van der Waals surface area (Å²) in [6.07, 6.45) is 5.24. The van der Waals surface area contributed by atoms with Crippen molar-refractivity contribution in [1.82, 2.24) is 14.9 Å². The van der Waals surface area contributed by atoms with Gasteiger partial charge >= 0.3 is 0 Å². The van der Waals surface area contributed by atoms with Gasteiger partial charge in [-0.05, 0) is 35.4 Å². The Bertz CT molecular complexity index is 1150. The van der Waals surface area contributed by atoms with Gasteiger partial charge in [-0.1, -0.05) is 24.3 Å². The predicted molar refractivity (Wildman–Crippen MR) is 121 cm³/mol. The highest BCUT2D eigenvalue weighted by Gasteiger charge is 2.27. The summed E-state index contributed by atoms with van der Waals surface area (Å²) in [5, 5.41) is 1.63. The highest BCUT2D eigenvalue weighted by Crippen LogP contribution is 2.21. The standard InChI is InChI=1S/C24H22FN3O3S/c1-31-23-12-17(8-10-26-23)15-28(22-9-11-32(30)16-22)24(29)13-21-7-4-19(14-27-21)18-2-5-20(25)6-3-18/h2-12,14,22H,13,15-16H2,1H3. The molecule has 4 rings (SSSR count). The van der Waals surface area contributed by atoms with Crippen LogP contribution in [0, 0.1) is 5.82 Å². The lowest BCUT2D eigenvalue weighted by molar-refractivity contribution is -0.132. The molecule has 8 heteroatoms. The minimum Gasteiger partial charge on any atom is -0.481 e. The van der Waals surface area contributed by atoms with E-state index in [1.54, 1.807) is 54.1 Å². The molecular weight excluding hydrogens is 429 g/mol. The molecule has 1 amide bonds. The van der Waals surface area contributed by atoms with Gasteiger partial charge in [0.15, 0.2) is 0 Å². The van der Waals surface area contributed by atoms with Crippen LogP contribution in [0.15, 0.2) is 72.4 Å². The number of pyridine rings is 2. The van der Waals surface area contributed by atoms with E-state index < -0.39 is 10.8 Å². The van der Waals surface area contributed by atoms with Gasteiger partial charge in [-0.3, -0.25) is 14.0 Å². The Morgan fingerprint density at radius 2 is 1.94 bits per heavy atom. The van der Waals surface area contributed by atoms with Crippen molar-refractivity contribution in [3.8, 4) is 17.0 Å². The first-order chi connectivity index (χ1) is 15.5.